The van der Waals surface area contributed by atoms with Gasteiger partial charge in [-0.15, -0.1) is 0 Å². The van der Waals surface area contributed by atoms with Crippen LogP contribution in [-0.4, -0.2) is 5.78 Å². The van der Waals surface area contributed by atoms with Crippen molar-refractivity contribution in [1.82, 2.24) is 0 Å². The molecule has 0 bridgehead atoms. The van der Waals surface area contributed by atoms with Crippen LogP contribution in [0.5, 0.6) is 0 Å². The van der Waals surface area contributed by atoms with E-state index >= 15 is 0 Å². The lowest BCUT2D eigenvalue weighted by molar-refractivity contribution is -0.119. The molecule has 0 aliphatic heterocycles. The Morgan fingerprint density at radius 3 is 2.33 bits per heavy atom. The molecule has 0 spiro atoms. The summed E-state index contributed by atoms with van der Waals surface area (Å²) in [4.78, 5) is 12.2. The van der Waals surface area contributed by atoms with Crippen LogP contribution in [0.15, 0.2) is 18.2 Å². The molecular formula is C17H24O. The largest absolute Gasteiger partial charge is 0.299 e. The molecule has 1 fully saturated rings. The molecule has 2 rings (SSSR count). The first kappa shape index (κ1) is 13.3. The van der Waals surface area contributed by atoms with Crippen molar-refractivity contribution in [3.8, 4) is 0 Å². The van der Waals surface area contributed by atoms with E-state index in [-0.39, 0.29) is 0 Å². The minimum absolute atomic E-state index is 0.430. The Kier molecular flexibility index (Phi) is 4.57. The summed E-state index contributed by atoms with van der Waals surface area (Å²) >= 11 is 0. The lowest BCUT2D eigenvalue weighted by Crippen LogP contribution is -2.14. The molecule has 1 aromatic rings. The Hall–Kier alpha value is -1.11. The maximum absolute atomic E-state index is 12.2. The van der Waals surface area contributed by atoms with Gasteiger partial charge in [-0.25, -0.2) is 0 Å². The maximum atomic E-state index is 12.2. The molecule has 98 valence electrons. The molecule has 0 N–H and O–H groups in total. The molecular weight excluding hydrogens is 220 g/mol. The molecule has 1 aromatic carbocycles. The molecule has 18 heavy (non-hydrogen) atoms. The molecule has 0 atom stereocenters. The summed E-state index contributed by atoms with van der Waals surface area (Å²) in [5.74, 6) is 1.09. The molecule has 1 heteroatoms. The van der Waals surface area contributed by atoms with E-state index in [1.165, 1.54) is 48.8 Å². The van der Waals surface area contributed by atoms with Crippen molar-refractivity contribution in [3.63, 3.8) is 0 Å². The van der Waals surface area contributed by atoms with Crippen molar-refractivity contribution in [3.05, 3.63) is 34.9 Å². The predicted octanol–water partition coefficient (Wildman–Crippen LogP) is 4.39. The lowest BCUT2D eigenvalue weighted by atomic mass is 9.84. The third-order valence-electron chi connectivity index (χ3n) is 4.26. The minimum Gasteiger partial charge on any atom is -0.299 e. The highest BCUT2D eigenvalue weighted by atomic mass is 16.1. The van der Waals surface area contributed by atoms with Crippen LogP contribution in [0.1, 0.15) is 55.2 Å². The molecule has 1 nitrogen and oxygen atoms in total. The van der Waals surface area contributed by atoms with Gasteiger partial charge in [0.05, 0.1) is 0 Å². The van der Waals surface area contributed by atoms with Crippen LogP contribution in [0, 0.1) is 19.8 Å². The van der Waals surface area contributed by atoms with Gasteiger partial charge in [0.2, 0.25) is 0 Å². The van der Waals surface area contributed by atoms with Gasteiger partial charge < -0.3 is 0 Å². The highest BCUT2D eigenvalue weighted by Crippen LogP contribution is 2.27. The van der Waals surface area contributed by atoms with Gasteiger partial charge in [-0.05, 0) is 36.5 Å². The van der Waals surface area contributed by atoms with Crippen molar-refractivity contribution in [1.29, 1.82) is 0 Å². The number of carbonyl (C=O) groups is 1. The number of carbonyl (C=O) groups excluding carboxylic acids is 1. The van der Waals surface area contributed by atoms with Gasteiger partial charge in [0, 0.05) is 12.8 Å². The van der Waals surface area contributed by atoms with E-state index in [4.69, 9.17) is 0 Å². The number of rotatable bonds is 4. The van der Waals surface area contributed by atoms with Gasteiger partial charge in [0.1, 0.15) is 5.78 Å². The van der Waals surface area contributed by atoms with Crippen LogP contribution < -0.4 is 0 Å². The van der Waals surface area contributed by atoms with Crippen LogP contribution in [0.4, 0.5) is 0 Å². The molecule has 0 radical (unpaired) electrons. The number of Topliss-reactive ketones (excluding diaryl/α,β-unsaturated/α-hetero) is 1. The van der Waals surface area contributed by atoms with Crippen LogP contribution in [0.3, 0.4) is 0 Å². The van der Waals surface area contributed by atoms with E-state index in [0.717, 1.165) is 6.42 Å². The highest BCUT2D eigenvalue weighted by molar-refractivity contribution is 5.81. The third-order valence-corrected chi connectivity index (χ3v) is 4.26. The Balaban J connectivity index is 1.94. The first-order valence-corrected chi connectivity index (χ1v) is 7.23. The zero-order valence-corrected chi connectivity index (χ0v) is 11.7. The van der Waals surface area contributed by atoms with E-state index in [9.17, 15) is 4.79 Å². The summed E-state index contributed by atoms with van der Waals surface area (Å²) in [6, 6.07) is 6.28. The fraction of sp³-hybridized carbons (Fsp3) is 0.588. The molecule has 0 heterocycles. The number of aryl methyl sites for hydroxylation is 2. The summed E-state index contributed by atoms with van der Waals surface area (Å²) in [5.41, 5.74) is 3.76. The van der Waals surface area contributed by atoms with Gasteiger partial charge in [-0.3, -0.25) is 4.79 Å². The van der Waals surface area contributed by atoms with Gasteiger partial charge in [0.25, 0.3) is 0 Å². The molecule has 1 aliphatic rings. The molecule has 0 saturated heterocycles. The summed E-state index contributed by atoms with van der Waals surface area (Å²) < 4.78 is 0. The second-order valence-electron chi connectivity index (χ2n) is 5.79. The number of hydrogen-bond acceptors (Lipinski definition) is 1. The van der Waals surface area contributed by atoms with Crippen LogP contribution in [-0.2, 0) is 11.2 Å². The average molecular weight is 244 g/mol. The Bertz CT molecular complexity index is 393. The zero-order chi connectivity index (χ0) is 13.0. The topological polar surface area (TPSA) is 17.1 Å². The molecule has 1 aliphatic carbocycles. The predicted molar refractivity (Wildman–Crippen MR) is 75.8 cm³/mol. The lowest BCUT2D eigenvalue weighted by Gasteiger charge is -2.21. The van der Waals surface area contributed by atoms with Crippen molar-refractivity contribution in [2.75, 3.05) is 0 Å². The summed E-state index contributed by atoms with van der Waals surface area (Å²) in [6.45, 7) is 4.21. The van der Waals surface area contributed by atoms with Crippen LogP contribution in [0.25, 0.3) is 0 Å². The monoisotopic (exact) mass is 244 g/mol. The second kappa shape index (κ2) is 6.17. The van der Waals surface area contributed by atoms with Crippen molar-refractivity contribution >= 4 is 5.78 Å². The molecule has 0 aromatic heterocycles. The van der Waals surface area contributed by atoms with Gasteiger partial charge in [-0.2, -0.15) is 0 Å². The third kappa shape index (κ3) is 3.44. The van der Waals surface area contributed by atoms with Crippen LogP contribution in [0.2, 0.25) is 0 Å². The number of ketones is 1. The minimum atomic E-state index is 0.430. The Morgan fingerprint density at radius 1 is 1.11 bits per heavy atom. The summed E-state index contributed by atoms with van der Waals surface area (Å²) in [5, 5.41) is 0. The van der Waals surface area contributed by atoms with E-state index in [1.54, 1.807) is 0 Å². The Labute approximate surface area is 111 Å². The summed E-state index contributed by atoms with van der Waals surface area (Å²) in [6.07, 6.45) is 7.96. The van der Waals surface area contributed by atoms with E-state index in [2.05, 4.69) is 32.0 Å². The van der Waals surface area contributed by atoms with Gasteiger partial charge in [0.15, 0.2) is 0 Å². The van der Waals surface area contributed by atoms with Gasteiger partial charge in [-0.1, -0.05) is 50.3 Å². The average Bonchev–Trinajstić information content (AvgIpc) is 2.35. The smallest absolute Gasteiger partial charge is 0.137 e. The van der Waals surface area contributed by atoms with Crippen molar-refractivity contribution < 1.29 is 4.79 Å². The fourth-order valence-corrected chi connectivity index (χ4v) is 3.11. The van der Waals surface area contributed by atoms with E-state index < -0.39 is 0 Å². The van der Waals surface area contributed by atoms with Crippen molar-refractivity contribution in [2.24, 2.45) is 5.92 Å². The normalized spacial score (nSPS) is 16.8. The maximum Gasteiger partial charge on any atom is 0.137 e. The second-order valence-corrected chi connectivity index (χ2v) is 5.79. The van der Waals surface area contributed by atoms with E-state index in [0.29, 0.717) is 18.1 Å². The zero-order valence-electron chi connectivity index (χ0n) is 11.7. The first-order valence-electron chi connectivity index (χ1n) is 7.23. The fourth-order valence-electron chi connectivity index (χ4n) is 3.11. The molecule has 0 amide bonds. The number of benzene rings is 1. The number of hydrogen-bond donors (Lipinski definition) is 0. The quantitative estimate of drug-likeness (QED) is 0.768. The first-order chi connectivity index (χ1) is 8.66. The molecule has 0 unspecified atom stereocenters. The highest BCUT2D eigenvalue weighted by Gasteiger charge is 2.18. The van der Waals surface area contributed by atoms with Crippen molar-refractivity contribution in [2.45, 2.75) is 58.8 Å². The van der Waals surface area contributed by atoms with Crippen LogP contribution >= 0.6 is 0 Å². The summed E-state index contributed by atoms with van der Waals surface area (Å²) in [7, 11) is 0. The SMILES string of the molecule is Cc1cccc(C)c1CC(=O)CC1CCCCC1. The van der Waals surface area contributed by atoms with E-state index in [1.807, 2.05) is 0 Å². The molecule has 1 saturated carbocycles. The van der Waals surface area contributed by atoms with Gasteiger partial charge >= 0.3 is 0 Å². The standard InChI is InChI=1S/C17H24O/c1-13-7-6-8-14(2)17(13)12-16(18)11-15-9-4-3-5-10-15/h6-8,15H,3-5,9-12H2,1-2H3. The Morgan fingerprint density at radius 2 is 1.72 bits per heavy atom.